The zero-order valence-corrected chi connectivity index (χ0v) is 11.0. The van der Waals surface area contributed by atoms with Gasteiger partial charge in [0.05, 0.1) is 11.0 Å². The molecule has 0 atom stereocenters. The molecule has 2 aromatic heterocycles. The Morgan fingerprint density at radius 3 is 2.60 bits per heavy atom. The van der Waals surface area contributed by atoms with E-state index in [1.54, 1.807) is 10.5 Å². The van der Waals surface area contributed by atoms with E-state index in [0.717, 1.165) is 27.5 Å². The van der Waals surface area contributed by atoms with Crippen molar-refractivity contribution in [1.82, 2.24) is 9.38 Å². The second kappa shape index (κ2) is 3.90. The molecule has 0 radical (unpaired) electrons. The van der Waals surface area contributed by atoms with E-state index in [1.165, 1.54) is 0 Å². The number of imidazole rings is 1. The molecule has 0 saturated heterocycles. The summed E-state index contributed by atoms with van der Waals surface area (Å²) in [5.41, 5.74) is 3.70. The molecule has 2 heterocycles. The van der Waals surface area contributed by atoms with Crippen molar-refractivity contribution in [2.75, 3.05) is 0 Å². The Kier molecular flexibility index (Phi) is 2.18. The van der Waals surface area contributed by atoms with Crippen LogP contribution in [0.2, 0.25) is 0 Å². The van der Waals surface area contributed by atoms with Crippen LogP contribution in [0.25, 0.3) is 27.8 Å². The molecule has 0 unspecified atom stereocenters. The highest BCUT2D eigenvalue weighted by Crippen LogP contribution is 2.27. The summed E-state index contributed by atoms with van der Waals surface area (Å²) in [6, 6.07) is 17.5. The van der Waals surface area contributed by atoms with E-state index < -0.39 is 0 Å². The molecule has 0 aliphatic rings. The molecular weight excluding hydrogens is 248 g/mol. The summed E-state index contributed by atoms with van der Waals surface area (Å²) < 4.78 is 1.72. The lowest BCUT2D eigenvalue weighted by Gasteiger charge is -2.04. The van der Waals surface area contributed by atoms with Crippen molar-refractivity contribution in [2.24, 2.45) is 0 Å². The van der Waals surface area contributed by atoms with Crippen LogP contribution >= 0.6 is 0 Å². The minimum absolute atomic E-state index is 0.0254. The smallest absolute Gasteiger partial charge is 0.257 e. The number of nitrogens with zero attached hydrogens (tertiary/aromatic N) is 2. The lowest BCUT2D eigenvalue weighted by Crippen LogP contribution is -2.13. The standard InChI is InChI=1S/C17H12N2O/c1-11-10-15(20)19-16-13(11)8-5-9-14(16)18-17(19)12-6-3-2-4-7-12/h2-10H,1H3. The van der Waals surface area contributed by atoms with E-state index >= 15 is 0 Å². The molecule has 2 aromatic carbocycles. The molecule has 96 valence electrons. The largest absolute Gasteiger partial charge is 0.269 e. The number of aryl methyl sites for hydroxylation is 1. The van der Waals surface area contributed by atoms with E-state index in [1.807, 2.05) is 55.5 Å². The van der Waals surface area contributed by atoms with Gasteiger partial charge in [0.25, 0.3) is 5.56 Å². The maximum Gasteiger partial charge on any atom is 0.257 e. The van der Waals surface area contributed by atoms with Gasteiger partial charge in [-0.3, -0.25) is 9.20 Å². The van der Waals surface area contributed by atoms with Gasteiger partial charge < -0.3 is 0 Å². The van der Waals surface area contributed by atoms with Crippen molar-refractivity contribution in [3.05, 3.63) is 70.5 Å². The average Bonchev–Trinajstić information content (AvgIpc) is 2.86. The fourth-order valence-corrected chi connectivity index (χ4v) is 2.77. The third kappa shape index (κ3) is 1.40. The van der Waals surface area contributed by atoms with Gasteiger partial charge in [-0.05, 0) is 18.6 Å². The first kappa shape index (κ1) is 11.2. The predicted octanol–water partition coefficient (Wildman–Crippen LogP) is 3.26. The van der Waals surface area contributed by atoms with Crippen LogP contribution in [0.15, 0.2) is 59.4 Å². The van der Waals surface area contributed by atoms with Crippen LogP contribution < -0.4 is 5.56 Å². The Bertz CT molecular complexity index is 971. The molecule has 0 aliphatic carbocycles. The second-order valence-corrected chi connectivity index (χ2v) is 4.98. The van der Waals surface area contributed by atoms with Crippen LogP contribution in [0.5, 0.6) is 0 Å². The number of aromatic nitrogens is 2. The van der Waals surface area contributed by atoms with Crippen molar-refractivity contribution >= 4 is 16.4 Å². The normalized spacial score (nSPS) is 11.4. The highest BCUT2D eigenvalue weighted by molar-refractivity contribution is 5.97. The fraction of sp³-hybridized carbons (Fsp3) is 0.0588. The number of pyridine rings is 1. The molecule has 0 N–H and O–H groups in total. The first-order valence-corrected chi connectivity index (χ1v) is 6.55. The highest BCUT2D eigenvalue weighted by atomic mass is 16.1. The molecule has 0 saturated carbocycles. The molecule has 4 aromatic rings. The number of benzene rings is 2. The minimum Gasteiger partial charge on any atom is -0.269 e. The van der Waals surface area contributed by atoms with Crippen LogP contribution in [0, 0.1) is 6.92 Å². The van der Waals surface area contributed by atoms with E-state index in [2.05, 4.69) is 4.98 Å². The Balaban J connectivity index is 2.25. The van der Waals surface area contributed by atoms with Gasteiger partial charge in [0, 0.05) is 17.0 Å². The SMILES string of the molecule is Cc1cc(=O)n2c(-c3ccccc3)nc3cccc1c32. The average molecular weight is 260 g/mol. The third-order valence-electron chi connectivity index (χ3n) is 3.69. The van der Waals surface area contributed by atoms with Gasteiger partial charge in [-0.1, -0.05) is 42.5 Å². The zero-order valence-electron chi connectivity index (χ0n) is 11.0. The number of para-hydroxylation sites is 1. The van der Waals surface area contributed by atoms with Crippen molar-refractivity contribution in [2.45, 2.75) is 6.92 Å². The Labute approximate surface area is 115 Å². The summed E-state index contributed by atoms with van der Waals surface area (Å²) in [6.45, 7) is 1.96. The molecule has 4 rings (SSSR count). The monoisotopic (exact) mass is 260 g/mol. The van der Waals surface area contributed by atoms with Gasteiger partial charge in [-0.15, -0.1) is 0 Å². The highest BCUT2D eigenvalue weighted by Gasteiger charge is 2.15. The number of hydrogen-bond donors (Lipinski definition) is 0. The molecule has 3 heteroatoms. The van der Waals surface area contributed by atoms with Crippen LogP contribution in [-0.2, 0) is 0 Å². The Morgan fingerprint density at radius 1 is 1.00 bits per heavy atom. The van der Waals surface area contributed by atoms with Crippen molar-refractivity contribution in [3.63, 3.8) is 0 Å². The fourth-order valence-electron chi connectivity index (χ4n) is 2.77. The van der Waals surface area contributed by atoms with Gasteiger partial charge in [0.1, 0.15) is 5.82 Å². The van der Waals surface area contributed by atoms with Gasteiger partial charge in [-0.25, -0.2) is 4.98 Å². The van der Waals surface area contributed by atoms with Gasteiger partial charge in [0.2, 0.25) is 0 Å². The van der Waals surface area contributed by atoms with E-state index in [0.29, 0.717) is 5.82 Å². The summed E-state index contributed by atoms with van der Waals surface area (Å²) in [4.78, 5) is 17.0. The van der Waals surface area contributed by atoms with Crippen LogP contribution in [0.1, 0.15) is 5.56 Å². The van der Waals surface area contributed by atoms with Crippen LogP contribution in [0.3, 0.4) is 0 Å². The summed E-state index contributed by atoms with van der Waals surface area (Å²) in [5, 5.41) is 1.08. The van der Waals surface area contributed by atoms with E-state index in [-0.39, 0.29) is 5.56 Å². The summed E-state index contributed by atoms with van der Waals surface area (Å²) in [7, 11) is 0. The summed E-state index contributed by atoms with van der Waals surface area (Å²) in [6.07, 6.45) is 0. The molecule has 3 nitrogen and oxygen atoms in total. The summed E-state index contributed by atoms with van der Waals surface area (Å²) in [5.74, 6) is 0.710. The summed E-state index contributed by atoms with van der Waals surface area (Å²) >= 11 is 0. The molecule has 0 aliphatic heterocycles. The first-order valence-electron chi connectivity index (χ1n) is 6.55. The second-order valence-electron chi connectivity index (χ2n) is 4.98. The number of rotatable bonds is 1. The molecule has 0 spiro atoms. The molecule has 0 amide bonds. The van der Waals surface area contributed by atoms with Gasteiger partial charge in [-0.2, -0.15) is 0 Å². The van der Waals surface area contributed by atoms with Gasteiger partial charge >= 0.3 is 0 Å². The Hall–Kier alpha value is -2.68. The topological polar surface area (TPSA) is 34.4 Å². The molecular formula is C17H12N2O. The lowest BCUT2D eigenvalue weighted by atomic mass is 10.1. The quantitative estimate of drug-likeness (QED) is 0.526. The zero-order chi connectivity index (χ0) is 13.7. The maximum atomic E-state index is 12.4. The van der Waals surface area contributed by atoms with Crippen LogP contribution in [-0.4, -0.2) is 9.38 Å². The van der Waals surface area contributed by atoms with Crippen molar-refractivity contribution < 1.29 is 0 Å². The van der Waals surface area contributed by atoms with E-state index in [9.17, 15) is 4.79 Å². The van der Waals surface area contributed by atoms with Crippen LogP contribution in [0.4, 0.5) is 0 Å². The lowest BCUT2D eigenvalue weighted by molar-refractivity contribution is 1.10. The van der Waals surface area contributed by atoms with Crippen molar-refractivity contribution in [1.29, 1.82) is 0 Å². The predicted molar refractivity (Wildman–Crippen MR) is 80.3 cm³/mol. The first-order chi connectivity index (χ1) is 9.75. The van der Waals surface area contributed by atoms with E-state index in [4.69, 9.17) is 0 Å². The molecule has 20 heavy (non-hydrogen) atoms. The Morgan fingerprint density at radius 2 is 1.80 bits per heavy atom. The third-order valence-corrected chi connectivity index (χ3v) is 3.69. The maximum absolute atomic E-state index is 12.4. The van der Waals surface area contributed by atoms with Crippen molar-refractivity contribution in [3.8, 4) is 11.4 Å². The van der Waals surface area contributed by atoms with Gasteiger partial charge in [0.15, 0.2) is 0 Å². The molecule has 0 bridgehead atoms. The number of hydrogen-bond acceptors (Lipinski definition) is 2. The molecule has 0 fully saturated rings. The minimum atomic E-state index is -0.0254.